The Bertz CT molecular complexity index is 3290. The number of benzene rings is 10. The van der Waals surface area contributed by atoms with E-state index in [2.05, 4.69) is 252 Å². The molecule has 0 atom stereocenters. The van der Waals surface area contributed by atoms with Crippen molar-refractivity contribution < 1.29 is 0 Å². The zero-order valence-corrected chi connectivity index (χ0v) is 33.0. The van der Waals surface area contributed by atoms with Crippen LogP contribution in [0.4, 0.5) is 17.1 Å². The van der Waals surface area contributed by atoms with E-state index in [1.54, 1.807) is 0 Å². The van der Waals surface area contributed by atoms with E-state index in [1.165, 1.54) is 66.0 Å². The second-order valence-corrected chi connectivity index (χ2v) is 15.3. The Morgan fingerprint density at radius 2 is 0.833 bits per heavy atom. The fourth-order valence-corrected chi connectivity index (χ4v) is 9.01. The van der Waals surface area contributed by atoms with Crippen molar-refractivity contribution in [1.29, 1.82) is 0 Å². The average Bonchev–Trinajstić information content (AvgIpc) is 3.68. The Labute approximate surface area is 350 Å². The summed E-state index contributed by atoms with van der Waals surface area (Å²) in [7, 11) is 0. The fraction of sp³-hybridized carbons (Fsp3) is 0. The van der Waals surface area contributed by atoms with E-state index in [1.807, 2.05) is 0 Å². The SMILES string of the molecule is c1ccc(-c2cc(-c3ccc(N(c4ccccc4)c4ccccc4-c4ccccc4-c4ccccc4)cc3)cc(-n3c4ccccc4c4c5ccccc5ccc43)c2)cc1. The van der Waals surface area contributed by atoms with Crippen LogP contribution in [0, 0.1) is 0 Å². The molecule has 0 aliphatic heterocycles. The number of nitrogens with zero attached hydrogens (tertiary/aromatic N) is 2. The summed E-state index contributed by atoms with van der Waals surface area (Å²) >= 11 is 0. The van der Waals surface area contributed by atoms with E-state index in [0.29, 0.717) is 0 Å². The van der Waals surface area contributed by atoms with Crippen LogP contribution >= 0.6 is 0 Å². The van der Waals surface area contributed by atoms with Crippen LogP contribution in [0.3, 0.4) is 0 Å². The standard InChI is InChI=1S/C58H40N2/c1-4-18-41(19-5-1)45-38-46(40-49(39-45)60-56-31-17-15-29-54(56)58-51-26-11-10-22-44(51)34-37-57(58)60)42-32-35-48(36-33-42)59(47-23-8-3-9-24-47)55-30-16-14-28-53(55)52-27-13-12-25-50(52)43-20-6-2-7-21-43/h1-40H. The lowest BCUT2D eigenvalue weighted by molar-refractivity contribution is 1.18. The van der Waals surface area contributed by atoms with E-state index in [-0.39, 0.29) is 0 Å². The van der Waals surface area contributed by atoms with Crippen molar-refractivity contribution in [3.05, 3.63) is 243 Å². The first kappa shape index (κ1) is 35.2. The highest BCUT2D eigenvalue weighted by molar-refractivity contribution is 6.21. The second kappa shape index (κ2) is 15.1. The topological polar surface area (TPSA) is 8.17 Å². The summed E-state index contributed by atoms with van der Waals surface area (Å²) < 4.78 is 2.45. The molecule has 282 valence electrons. The van der Waals surface area contributed by atoms with Gasteiger partial charge in [-0.2, -0.15) is 0 Å². The smallest absolute Gasteiger partial charge is 0.0547 e. The monoisotopic (exact) mass is 764 g/mol. The van der Waals surface area contributed by atoms with Crippen LogP contribution in [0.2, 0.25) is 0 Å². The van der Waals surface area contributed by atoms with Crippen molar-refractivity contribution in [2.75, 3.05) is 4.90 Å². The number of anilines is 3. The Hall–Kier alpha value is -7.94. The molecule has 0 N–H and O–H groups in total. The molecule has 1 heterocycles. The number of hydrogen-bond acceptors (Lipinski definition) is 1. The molecule has 11 rings (SSSR count). The molecule has 0 bridgehead atoms. The lowest BCUT2D eigenvalue weighted by Gasteiger charge is -2.28. The lowest BCUT2D eigenvalue weighted by Crippen LogP contribution is -2.11. The molecular formula is C58H40N2. The quantitative estimate of drug-likeness (QED) is 0.150. The molecule has 0 saturated heterocycles. The Morgan fingerprint density at radius 3 is 1.57 bits per heavy atom. The van der Waals surface area contributed by atoms with Crippen molar-refractivity contribution in [3.8, 4) is 50.2 Å². The van der Waals surface area contributed by atoms with Crippen LogP contribution in [0.15, 0.2) is 243 Å². The molecule has 2 nitrogen and oxygen atoms in total. The number of rotatable bonds is 8. The van der Waals surface area contributed by atoms with Crippen LogP contribution in [0.25, 0.3) is 82.8 Å². The molecule has 0 unspecified atom stereocenters. The summed E-state index contributed by atoms with van der Waals surface area (Å²) in [5, 5.41) is 5.06. The first-order valence-electron chi connectivity index (χ1n) is 20.6. The molecule has 60 heavy (non-hydrogen) atoms. The van der Waals surface area contributed by atoms with Gasteiger partial charge in [0.15, 0.2) is 0 Å². The van der Waals surface area contributed by atoms with Crippen molar-refractivity contribution in [3.63, 3.8) is 0 Å². The molecule has 0 radical (unpaired) electrons. The summed E-state index contributed by atoms with van der Waals surface area (Å²) in [6.45, 7) is 0. The Balaban J connectivity index is 1.07. The zero-order valence-electron chi connectivity index (χ0n) is 33.0. The first-order valence-corrected chi connectivity index (χ1v) is 20.6. The van der Waals surface area contributed by atoms with Gasteiger partial charge in [-0.25, -0.2) is 0 Å². The van der Waals surface area contributed by atoms with Crippen LogP contribution < -0.4 is 4.90 Å². The normalized spacial score (nSPS) is 11.3. The minimum absolute atomic E-state index is 1.09. The van der Waals surface area contributed by atoms with Gasteiger partial charge in [-0.15, -0.1) is 0 Å². The summed E-state index contributed by atoms with van der Waals surface area (Å²) in [5.41, 5.74) is 16.3. The van der Waals surface area contributed by atoms with E-state index < -0.39 is 0 Å². The van der Waals surface area contributed by atoms with Gasteiger partial charge >= 0.3 is 0 Å². The largest absolute Gasteiger partial charge is 0.310 e. The highest BCUT2D eigenvalue weighted by Gasteiger charge is 2.20. The van der Waals surface area contributed by atoms with Crippen molar-refractivity contribution in [2.24, 2.45) is 0 Å². The number of aromatic nitrogens is 1. The molecule has 0 fully saturated rings. The minimum atomic E-state index is 1.09. The van der Waals surface area contributed by atoms with Gasteiger partial charge in [-0.05, 0) is 110 Å². The molecule has 0 aliphatic rings. The summed E-state index contributed by atoms with van der Waals surface area (Å²) in [6, 6.07) is 87.8. The first-order chi connectivity index (χ1) is 29.8. The Morgan fingerprint density at radius 1 is 0.300 bits per heavy atom. The Kier molecular flexibility index (Phi) is 8.87. The van der Waals surface area contributed by atoms with Crippen LogP contribution in [0.1, 0.15) is 0 Å². The summed E-state index contributed by atoms with van der Waals surface area (Å²) in [4.78, 5) is 2.38. The van der Waals surface area contributed by atoms with Crippen LogP contribution in [-0.2, 0) is 0 Å². The van der Waals surface area contributed by atoms with E-state index in [9.17, 15) is 0 Å². The molecule has 0 amide bonds. The molecule has 1 aromatic heterocycles. The average molecular weight is 765 g/mol. The van der Waals surface area contributed by atoms with E-state index in [4.69, 9.17) is 0 Å². The predicted octanol–water partition coefficient (Wildman–Crippen LogP) is 16.1. The third-order valence-electron chi connectivity index (χ3n) is 11.8. The maximum absolute atomic E-state index is 2.45. The van der Waals surface area contributed by atoms with Gasteiger partial charge in [0.25, 0.3) is 0 Å². The highest BCUT2D eigenvalue weighted by atomic mass is 15.1. The molecule has 0 saturated carbocycles. The van der Waals surface area contributed by atoms with Crippen molar-refractivity contribution >= 4 is 49.6 Å². The highest BCUT2D eigenvalue weighted by Crippen LogP contribution is 2.44. The van der Waals surface area contributed by atoms with Gasteiger partial charge in [-0.1, -0.05) is 182 Å². The molecule has 0 spiro atoms. The number of hydrogen-bond donors (Lipinski definition) is 0. The zero-order chi connectivity index (χ0) is 39.8. The number of para-hydroxylation sites is 3. The second-order valence-electron chi connectivity index (χ2n) is 15.3. The van der Waals surface area contributed by atoms with Gasteiger partial charge in [0.05, 0.1) is 16.7 Å². The van der Waals surface area contributed by atoms with Gasteiger partial charge in [0.2, 0.25) is 0 Å². The summed E-state index contributed by atoms with van der Waals surface area (Å²) in [6.07, 6.45) is 0. The van der Waals surface area contributed by atoms with Crippen LogP contribution in [0.5, 0.6) is 0 Å². The fourth-order valence-electron chi connectivity index (χ4n) is 9.01. The van der Waals surface area contributed by atoms with Gasteiger partial charge < -0.3 is 9.47 Å². The molecule has 11 aromatic rings. The van der Waals surface area contributed by atoms with Crippen molar-refractivity contribution in [2.45, 2.75) is 0 Å². The third-order valence-corrected chi connectivity index (χ3v) is 11.8. The summed E-state index contributed by atoms with van der Waals surface area (Å²) in [5.74, 6) is 0. The van der Waals surface area contributed by atoms with E-state index >= 15 is 0 Å². The van der Waals surface area contributed by atoms with E-state index in [0.717, 1.165) is 33.9 Å². The molecule has 10 aromatic carbocycles. The van der Waals surface area contributed by atoms with Gasteiger partial charge in [-0.3, -0.25) is 0 Å². The van der Waals surface area contributed by atoms with Crippen molar-refractivity contribution in [1.82, 2.24) is 4.57 Å². The lowest BCUT2D eigenvalue weighted by atomic mass is 9.93. The third kappa shape index (κ3) is 6.23. The number of fused-ring (bicyclic) bond motifs is 5. The molecule has 2 heteroatoms. The maximum Gasteiger partial charge on any atom is 0.0547 e. The van der Waals surface area contributed by atoms with Gasteiger partial charge in [0.1, 0.15) is 0 Å². The predicted molar refractivity (Wildman–Crippen MR) is 255 cm³/mol. The van der Waals surface area contributed by atoms with Gasteiger partial charge in [0, 0.05) is 33.4 Å². The molecular weight excluding hydrogens is 725 g/mol. The molecule has 0 aliphatic carbocycles. The van der Waals surface area contributed by atoms with Crippen LogP contribution in [-0.4, -0.2) is 4.57 Å². The minimum Gasteiger partial charge on any atom is -0.310 e. The maximum atomic E-state index is 2.45.